The summed E-state index contributed by atoms with van der Waals surface area (Å²) < 4.78 is 10.5. The molecule has 0 saturated carbocycles. The summed E-state index contributed by atoms with van der Waals surface area (Å²) >= 11 is 1.32. The van der Waals surface area contributed by atoms with E-state index < -0.39 is 0 Å². The largest absolute Gasteiger partial charge is 0.368 e. The van der Waals surface area contributed by atoms with Crippen molar-refractivity contribution in [3.63, 3.8) is 0 Å². The van der Waals surface area contributed by atoms with Crippen LogP contribution in [0.1, 0.15) is 29.9 Å². The molecule has 10 nitrogen and oxygen atoms in total. The maximum Gasteiger partial charge on any atom is 0.322 e. The highest BCUT2D eigenvalue weighted by molar-refractivity contribution is 7.13. The van der Waals surface area contributed by atoms with Crippen molar-refractivity contribution < 1.29 is 18.8 Å². The van der Waals surface area contributed by atoms with Crippen LogP contribution in [0.2, 0.25) is 0 Å². The molecule has 0 aromatic carbocycles. The molecule has 0 unspecified atom stereocenters. The number of rotatable bonds is 6. The van der Waals surface area contributed by atoms with Crippen LogP contribution < -0.4 is 10.6 Å². The van der Waals surface area contributed by atoms with Crippen LogP contribution in [0.15, 0.2) is 22.3 Å². The number of nitrogens with zero attached hydrogens (tertiary/aromatic N) is 4. The fraction of sp³-hybridized carbons (Fsp3) is 0.444. The average molecular weight is 418 g/mol. The highest BCUT2D eigenvalue weighted by atomic mass is 32.1. The molecule has 11 heteroatoms. The third-order valence-corrected chi connectivity index (χ3v) is 5.49. The topological polar surface area (TPSA) is 113 Å². The molecule has 4 rings (SSSR count). The summed E-state index contributed by atoms with van der Waals surface area (Å²) in [4.78, 5) is 32.4. The first-order valence-electron chi connectivity index (χ1n) is 9.30. The van der Waals surface area contributed by atoms with E-state index in [-0.39, 0.29) is 18.0 Å². The summed E-state index contributed by atoms with van der Waals surface area (Å²) in [5, 5.41) is 11.6. The SMILES string of the molecule is CN(Cc1csc(NC(=O)NCN2C=Cc3oncc3C2)n1)C(=O)[C@H]1CCCO1. The third-order valence-electron chi connectivity index (χ3n) is 4.68. The van der Waals surface area contributed by atoms with Crippen LogP contribution in [0, 0.1) is 0 Å². The second-order valence-electron chi connectivity index (χ2n) is 6.91. The molecular weight excluding hydrogens is 396 g/mol. The zero-order valence-electron chi connectivity index (χ0n) is 16.0. The van der Waals surface area contributed by atoms with E-state index in [0.29, 0.717) is 31.5 Å². The Balaban J connectivity index is 1.22. The molecule has 2 aliphatic heterocycles. The fourth-order valence-electron chi connectivity index (χ4n) is 3.17. The summed E-state index contributed by atoms with van der Waals surface area (Å²) in [7, 11) is 1.73. The second-order valence-corrected chi connectivity index (χ2v) is 7.76. The van der Waals surface area contributed by atoms with Crippen molar-refractivity contribution >= 4 is 34.5 Å². The number of carbonyl (C=O) groups excluding carboxylic acids is 2. The van der Waals surface area contributed by atoms with Crippen molar-refractivity contribution in [1.82, 2.24) is 25.3 Å². The van der Waals surface area contributed by atoms with E-state index in [1.165, 1.54) is 11.3 Å². The highest BCUT2D eigenvalue weighted by Gasteiger charge is 2.26. The summed E-state index contributed by atoms with van der Waals surface area (Å²) in [5.41, 5.74) is 1.69. The Kier molecular flexibility index (Phi) is 5.76. The standard InChI is InChI=1S/C18H22N6O4S/c1-23(16(25)15-3-2-6-27-15)9-13-10-29-18(21-13)22-17(26)19-11-24-5-4-14-12(8-24)7-20-28-14/h4-5,7,10,15H,2-3,6,8-9,11H2,1H3,(H2,19,21,22,26)/t15-/m1/s1. The van der Waals surface area contributed by atoms with Crippen molar-refractivity contribution in [1.29, 1.82) is 0 Å². The van der Waals surface area contributed by atoms with E-state index in [0.717, 1.165) is 29.9 Å². The van der Waals surface area contributed by atoms with Gasteiger partial charge in [-0.3, -0.25) is 10.1 Å². The van der Waals surface area contributed by atoms with Gasteiger partial charge in [-0.2, -0.15) is 0 Å². The Bertz CT molecular complexity index is 904. The van der Waals surface area contributed by atoms with Crippen LogP contribution >= 0.6 is 11.3 Å². The number of likely N-dealkylation sites (N-methyl/N-ethyl adjacent to an activating group) is 1. The first kappa shape index (κ1) is 19.4. The van der Waals surface area contributed by atoms with Gasteiger partial charge in [0.15, 0.2) is 10.9 Å². The number of carbonyl (C=O) groups is 2. The molecular formula is C18H22N6O4S. The quantitative estimate of drug-likeness (QED) is 0.736. The van der Waals surface area contributed by atoms with Crippen molar-refractivity contribution in [2.45, 2.75) is 32.0 Å². The fourth-order valence-corrected chi connectivity index (χ4v) is 3.87. The minimum absolute atomic E-state index is 0.0340. The van der Waals surface area contributed by atoms with Crippen molar-refractivity contribution in [2.75, 3.05) is 25.6 Å². The van der Waals surface area contributed by atoms with E-state index in [2.05, 4.69) is 20.8 Å². The molecule has 3 amide bonds. The molecule has 0 spiro atoms. The van der Waals surface area contributed by atoms with Gasteiger partial charge in [-0.25, -0.2) is 9.78 Å². The lowest BCUT2D eigenvalue weighted by molar-refractivity contribution is -0.140. The lowest BCUT2D eigenvalue weighted by Gasteiger charge is -2.22. The third kappa shape index (κ3) is 4.74. The lowest BCUT2D eigenvalue weighted by atomic mass is 10.2. The van der Waals surface area contributed by atoms with Crippen molar-refractivity contribution in [3.05, 3.63) is 34.8 Å². The molecule has 0 aliphatic carbocycles. The van der Waals surface area contributed by atoms with Gasteiger partial charge in [-0.1, -0.05) is 5.16 Å². The molecule has 0 bridgehead atoms. The lowest BCUT2D eigenvalue weighted by Crippen LogP contribution is -2.37. The van der Waals surface area contributed by atoms with Crippen LogP contribution in [0.4, 0.5) is 9.93 Å². The Labute approximate surface area is 171 Å². The van der Waals surface area contributed by atoms with Gasteiger partial charge in [0.1, 0.15) is 6.10 Å². The monoisotopic (exact) mass is 418 g/mol. The van der Waals surface area contributed by atoms with Gasteiger partial charge < -0.3 is 24.4 Å². The number of hydrogen-bond acceptors (Lipinski definition) is 8. The molecule has 2 aromatic rings. The second kappa shape index (κ2) is 8.62. The number of anilines is 1. The predicted molar refractivity (Wildman–Crippen MR) is 106 cm³/mol. The molecule has 154 valence electrons. The highest BCUT2D eigenvalue weighted by Crippen LogP contribution is 2.20. The molecule has 29 heavy (non-hydrogen) atoms. The summed E-state index contributed by atoms with van der Waals surface area (Å²) in [5.74, 6) is 0.706. The van der Waals surface area contributed by atoms with Crippen molar-refractivity contribution in [2.24, 2.45) is 0 Å². The maximum atomic E-state index is 12.3. The number of urea groups is 1. The van der Waals surface area contributed by atoms with E-state index in [1.54, 1.807) is 18.1 Å². The predicted octanol–water partition coefficient (Wildman–Crippen LogP) is 1.83. The molecule has 0 radical (unpaired) electrons. The van der Waals surface area contributed by atoms with E-state index in [4.69, 9.17) is 9.26 Å². The van der Waals surface area contributed by atoms with Crippen LogP contribution in [0.3, 0.4) is 0 Å². The average Bonchev–Trinajstić information content (AvgIpc) is 3.47. The van der Waals surface area contributed by atoms with Gasteiger partial charge in [-0.05, 0) is 18.9 Å². The van der Waals surface area contributed by atoms with Crippen LogP contribution in [-0.2, 0) is 22.6 Å². The first-order valence-corrected chi connectivity index (χ1v) is 10.2. The Morgan fingerprint density at radius 2 is 2.34 bits per heavy atom. The number of hydrogen-bond donors (Lipinski definition) is 2. The summed E-state index contributed by atoms with van der Waals surface area (Å²) in [6, 6.07) is -0.348. The number of fused-ring (bicyclic) bond motifs is 1. The smallest absolute Gasteiger partial charge is 0.322 e. The van der Waals surface area contributed by atoms with Gasteiger partial charge >= 0.3 is 6.03 Å². The molecule has 1 atom stereocenters. The zero-order chi connectivity index (χ0) is 20.2. The van der Waals surface area contributed by atoms with Crippen LogP contribution in [-0.4, -0.2) is 58.3 Å². The Hall–Kier alpha value is -2.92. The van der Waals surface area contributed by atoms with Gasteiger partial charge in [0.25, 0.3) is 5.91 Å². The van der Waals surface area contributed by atoms with Gasteiger partial charge in [0.05, 0.1) is 25.1 Å². The number of ether oxygens (including phenoxy) is 1. The van der Waals surface area contributed by atoms with E-state index in [9.17, 15) is 9.59 Å². The minimum atomic E-state index is -0.348. The summed E-state index contributed by atoms with van der Waals surface area (Å²) in [6.45, 7) is 1.96. The van der Waals surface area contributed by atoms with E-state index in [1.807, 2.05) is 22.6 Å². The Morgan fingerprint density at radius 3 is 3.17 bits per heavy atom. The maximum absolute atomic E-state index is 12.3. The normalized spacial score (nSPS) is 17.8. The van der Waals surface area contributed by atoms with Gasteiger partial charge in [0.2, 0.25) is 0 Å². The van der Waals surface area contributed by atoms with Crippen molar-refractivity contribution in [3.8, 4) is 0 Å². The minimum Gasteiger partial charge on any atom is -0.368 e. The molecule has 1 saturated heterocycles. The first-order chi connectivity index (χ1) is 14.1. The summed E-state index contributed by atoms with van der Waals surface area (Å²) in [6.07, 6.45) is 6.65. The molecule has 2 aliphatic rings. The van der Waals surface area contributed by atoms with Gasteiger partial charge in [-0.15, -0.1) is 11.3 Å². The number of aromatic nitrogens is 2. The molecule has 2 aromatic heterocycles. The number of amides is 3. The number of thiazole rings is 1. The Morgan fingerprint density at radius 1 is 1.45 bits per heavy atom. The van der Waals surface area contributed by atoms with Crippen LogP contribution in [0.5, 0.6) is 0 Å². The van der Waals surface area contributed by atoms with Gasteiger partial charge in [0, 0.05) is 37.3 Å². The molecule has 2 N–H and O–H groups in total. The molecule has 1 fully saturated rings. The number of nitrogens with one attached hydrogen (secondary N) is 2. The zero-order valence-corrected chi connectivity index (χ0v) is 16.8. The van der Waals surface area contributed by atoms with E-state index >= 15 is 0 Å². The molecule has 4 heterocycles. The van der Waals surface area contributed by atoms with Crippen LogP contribution in [0.25, 0.3) is 6.08 Å².